The predicted molar refractivity (Wildman–Crippen MR) is 61.0 cm³/mol. The van der Waals surface area contributed by atoms with Crippen molar-refractivity contribution in [3.8, 4) is 0 Å². The van der Waals surface area contributed by atoms with Gasteiger partial charge in [0.1, 0.15) is 0 Å². The van der Waals surface area contributed by atoms with Gasteiger partial charge < -0.3 is 15.4 Å². The van der Waals surface area contributed by atoms with Crippen LogP contribution < -0.4 is 5.73 Å². The Morgan fingerprint density at radius 3 is 2.44 bits per heavy atom. The summed E-state index contributed by atoms with van der Waals surface area (Å²) in [4.78, 5) is 16.1. The lowest BCUT2D eigenvalue weighted by Crippen LogP contribution is -2.48. The molecule has 1 amide bonds. The first-order valence-electron chi connectivity index (χ1n) is 6.09. The number of carbonyl (C=O) groups excluding carboxylic acids is 1. The molecule has 2 aliphatic rings. The van der Waals surface area contributed by atoms with Crippen LogP contribution in [0.2, 0.25) is 0 Å². The number of carbonyl (C=O) groups is 1. The van der Waals surface area contributed by atoms with Crippen LogP contribution in [0.25, 0.3) is 0 Å². The number of likely N-dealkylation sites (tertiary alicyclic amines) is 1. The van der Waals surface area contributed by atoms with Crippen molar-refractivity contribution < 1.29 is 9.53 Å². The molecule has 0 saturated carbocycles. The van der Waals surface area contributed by atoms with Crippen LogP contribution in [-0.2, 0) is 9.53 Å². The number of piperidine rings is 1. The van der Waals surface area contributed by atoms with Crippen LogP contribution >= 0.6 is 0 Å². The van der Waals surface area contributed by atoms with Crippen LogP contribution in [0, 0.1) is 0 Å². The molecule has 5 nitrogen and oxygen atoms in total. The summed E-state index contributed by atoms with van der Waals surface area (Å²) < 4.78 is 5.26. The number of rotatable bonds is 2. The van der Waals surface area contributed by atoms with Crippen molar-refractivity contribution in [2.24, 2.45) is 5.73 Å². The number of hydrogen-bond donors (Lipinski definition) is 1. The molecule has 0 atom stereocenters. The van der Waals surface area contributed by atoms with E-state index in [1.54, 1.807) is 0 Å². The number of morpholine rings is 1. The van der Waals surface area contributed by atoms with Gasteiger partial charge >= 0.3 is 0 Å². The Hall–Kier alpha value is -0.650. The van der Waals surface area contributed by atoms with Gasteiger partial charge in [-0.2, -0.15) is 0 Å². The largest absolute Gasteiger partial charge is 0.379 e. The van der Waals surface area contributed by atoms with Crippen molar-refractivity contribution in [1.82, 2.24) is 9.80 Å². The SMILES string of the molecule is NC1CCN(C(=O)CN2CCOCC2)CC1. The minimum Gasteiger partial charge on any atom is -0.379 e. The molecule has 2 rings (SSSR count). The maximum absolute atomic E-state index is 12.0. The van der Waals surface area contributed by atoms with Crippen molar-refractivity contribution in [3.05, 3.63) is 0 Å². The smallest absolute Gasteiger partial charge is 0.236 e. The van der Waals surface area contributed by atoms with E-state index in [0.717, 1.165) is 52.2 Å². The summed E-state index contributed by atoms with van der Waals surface area (Å²) in [5.41, 5.74) is 5.82. The van der Waals surface area contributed by atoms with Crippen molar-refractivity contribution in [2.75, 3.05) is 45.9 Å². The molecule has 2 N–H and O–H groups in total. The van der Waals surface area contributed by atoms with Gasteiger partial charge in [-0.3, -0.25) is 9.69 Å². The monoisotopic (exact) mass is 227 g/mol. The van der Waals surface area contributed by atoms with Crippen LogP contribution in [0.3, 0.4) is 0 Å². The van der Waals surface area contributed by atoms with E-state index in [4.69, 9.17) is 10.5 Å². The summed E-state index contributed by atoms with van der Waals surface area (Å²) in [6.45, 7) is 5.43. The minimum atomic E-state index is 0.244. The molecular weight excluding hydrogens is 206 g/mol. The third-order valence-electron chi connectivity index (χ3n) is 3.35. The lowest BCUT2D eigenvalue weighted by molar-refractivity contribution is -0.134. The Kier molecular flexibility index (Phi) is 4.15. The van der Waals surface area contributed by atoms with Crippen molar-refractivity contribution >= 4 is 5.91 Å². The summed E-state index contributed by atoms with van der Waals surface area (Å²) in [5.74, 6) is 0.244. The maximum Gasteiger partial charge on any atom is 0.236 e. The lowest BCUT2D eigenvalue weighted by Gasteiger charge is -2.33. The zero-order valence-corrected chi connectivity index (χ0v) is 9.73. The maximum atomic E-state index is 12.0. The van der Waals surface area contributed by atoms with Crippen molar-refractivity contribution in [2.45, 2.75) is 18.9 Å². The normalized spacial score (nSPS) is 24.7. The highest BCUT2D eigenvalue weighted by Crippen LogP contribution is 2.09. The Morgan fingerprint density at radius 2 is 1.81 bits per heavy atom. The number of hydrogen-bond acceptors (Lipinski definition) is 4. The fraction of sp³-hybridized carbons (Fsp3) is 0.909. The van der Waals surface area contributed by atoms with Crippen LogP contribution in [0.4, 0.5) is 0 Å². The number of amides is 1. The zero-order chi connectivity index (χ0) is 11.4. The van der Waals surface area contributed by atoms with Gasteiger partial charge in [-0.1, -0.05) is 0 Å². The first-order chi connectivity index (χ1) is 7.75. The van der Waals surface area contributed by atoms with Gasteiger partial charge in [0.2, 0.25) is 5.91 Å². The second kappa shape index (κ2) is 5.61. The molecule has 0 unspecified atom stereocenters. The van der Waals surface area contributed by atoms with E-state index in [-0.39, 0.29) is 11.9 Å². The molecule has 0 aromatic heterocycles. The molecule has 92 valence electrons. The highest BCUT2D eigenvalue weighted by atomic mass is 16.5. The van der Waals surface area contributed by atoms with E-state index in [9.17, 15) is 4.79 Å². The topological polar surface area (TPSA) is 58.8 Å². The van der Waals surface area contributed by atoms with E-state index >= 15 is 0 Å². The fourth-order valence-electron chi connectivity index (χ4n) is 2.20. The Labute approximate surface area is 96.5 Å². The molecule has 16 heavy (non-hydrogen) atoms. The first-order valence-corrected chi connectivity index (χ1v) is 6.09. The van der Waals surface area contributed by atoms with Crippen molar-refractivity contribution in [3.63, 3.8) is 0 Å². The average molecular weight is 227 g/mol. The average Bonchev–Trinajstić information content (AvgIpc) is 2.31. The van der Waals surface area contributed by atoms with Gasteiger partial charge in [-0.05, 0) is 12.8 Å². The number of nitrogens with zero attached hydrogens (tertiary/aromatic N) is 2. The summed E-state index contributed by atoms with van der Waals surface area (Å²) in [5, 5.41) is 0. The summed E-state index contributed by atoms with van der Waals surface area (Å²) >= 11 is 0. The third-order valence-corrected chi connectivity index (χ3v) is 3.35. The molecule has 2 heterocycles. The van der Waals surface area contributed by atoms with Gasteiger partial charge in [0, 0.05) is 32.2 Å². The highest BCUT2D eigenvalue weighted by molar-refractivity contribution is 5.78. The van der Waals surface area contributed by atoms with Gasteiger partial charge in [0.15, 0.2) is 0 Å². The molecule has 0 bridgehead atoms. The second-order valence-corrected chi connectivity index (χ2v) is 4.61. The molecule has 2 aliphatic heterocycles. The zero-order valence-electron chi connectivity index (χ0n) is 9.73. The predicted octanol–water partition coefficient (Wildman–Crippen LogP) is -0.732. The third kappa shape index (κ3) is 3.17. The molecule has 0 spiro atoms. The molecule has 2 fully saturated rings. The van der Waals surface area contributed by atoms with E-state index in [1.165, 1.54) is 0 Å². The molecule has 0 aromatic carbocycles. The summed E-state index contributed by atoms with van der Waals surface area (Å²) in [6.07, 6.45) is 1.88. The molecule has 0 aliphatic carbocycles. The Balaban J connectivity index is 1.74. The van der Waals surface area contributed by atoms with Crippen LogP contribution in [0.15, 0.2) is 0 Å². The van der Waals surface area contributed by atoms with E-state index < -0.39 is 0 Å². The van der Waals surface area contributed by atoms with E-state index in [0.29, 0.717) is 6.54 Å². The molecular formula is C11H21N3O2. The Bertz CT molecular complexity index is 233. The standard InChI is InChI=1S/C11H21N3O2/c12-10-1-3-14(4-2-10)11(15)9-13-5-7-16-8-6-13/h10H,1-9,12H2. The van der Waals surface area contributed by atoms with E-state index in [2.05, 4.69) is 4.90 Å². The van der Waals surface area contributed by atoms with Crippen LogP contribution in [0.1, 0.15) is 12.8 Å². The van der Waals surface area contributed by atoms with Gasteiger partial charge in [-0.15, -0.1) is 0 Å². The van der Waals surface area contributed by atoms with Crippen LogP contribution in [-0.4, -0.2) is 67.7 Å². The highest BCUT2D eigenvalue weighted by Gasteiger charge is 2.22. The lowest BCUT2D eigenvalue weighted by atomic mass is 10.1. The molecule has 2 saturated heterocycles. The van der Waals surface area contributed by atoms with Gasteiger partial charge in [0.25, 0.3) is 0 Å². The van der Waals surface area contributed by atoms with Crippen LogP contribution in [0.5, 0.6) is 0 Å². The number of ether oxygens (including phenoxy) is 1. The first kappa shape index (κ1) is 11.8. The Morgan fingerprint density at radius 1 is 1.19 bits per heavy atom. The summed E-state index contributed by atoms with van der Waals surface area (Å²) in [6, 6.07) is 0.285. The van der Waals surface area contributed by atoms with E-state index in [1.807, 2.05) is 4.90 Å². The molecule has 5 heteroatoms. The minimum absolute atomic E-state index is 0.244. The fourth-order valence-corrected chi connectivity index (χ4v) is 2.20. The van der Waals surface area contributed by atoms with Crippen molar-refractivity contribution in [1.29, 1.82) is 0 Å². The molecule has 0 aromatic rings. The quantitative estimate of drug-likeness (QED) is 0.675. The van der Waals surface area contributed by atoms with Gasteiger partial charge in [-0.25, -0.2) is 0 Å². The second-order valence-electron chi connectivity index (χ2n) is 4.61. The summed E-state index contributed by atoms with van der Waals surface area (Å²) in [7, 11) is 0. The number of nitrogens with two attached hydrogens (primary N) is 1. The van der Waals surface area contributed by atoms with Gasteiger partial charge in [0.05, 0.1) is 19.8 Å². The molecule has 0 radical (unpaired) electrons.